The van der Waals surface area contributed by atoms with Crippen LogP contribution in [0.1, 0.15) is 77.6 Å². The fourth-order valence-electron chi connectivity index (χ4n) is 13.4. The molecule has 0 N–H and O–H groups in total. The average molecular weight is 1240 g/mol. The molecule has 15 aromatic rings. The second kappa shape index (κ2) is 24.8. The monoisotopic (exact) mass is 1240 g/mol. The van der Waals surface area contributed by atoms with Crippen LogP contribution in [0.2, 0.25) is 0 Å². The smallest absolute Gasteiger partial charge is 0.233 e. The summed E-state index contributed by atoms with van der Waals surface area (Å²) >= 11 is 0. The first kappa shape index (κ1) is 60.8. The van der Waals surface area contributed by atoms with E-state index in [1.54, 1.807) is 0 Å². The molecule has 0 radical (unpaired) electrons. The Morgan fingerprint density at radius 2 is 0.823 bits per heavy atom. The zero-order chi connectivity index (χ0) is 65.7. The summed E-state index contributed by atoms with van der Waals surface area (Å²) in [5, 5.41) is 8.12. The zero-order valence-electron chi connectivity index (χ0n) is 55.6. The van der Waals surface area contributed by atoms with Gasteiger partial charge in [0, 0.05) is 39.7 Å². The number of nitrogens with zero attached hydrogens (tertiary/aromatic N) is 5. The number of hydrogen-bond donors (Lipinski definition) is 0. The Kier molecular flexibility index (Phi) is 15.7. The Morgan fingerprint density at radius 3 is 1.35 bits per heavy atom. The third-order valence-electron chi connectivity index (χ3n) is 18.8. The highest BCUT2D eigenvalue weighted by Gasteiger charge is 2.29. The van der Waals surface area contributed by atoms with Gasteiger partial charge in [-0.2, -0.15) is 4.68 Å². The molecule has 3 aromatic heterocycles. The summed E-state index contributed by atoms with van der Waals surface area (Å²) < 4.78 is 13.4. The van der Waals surface area contributed by atoms with E-state index in [1.807, 2.05) is 23.0 Å². The van der Waals surface area contributed by atoms with Crippen molar-refractivity contribution in [2.24, 2.45) is 0 Å². The van der Waals surface area contributed by atoms with Crippen LogP contribution in [0, 0.1) is 6.33 Å². The molecule has 0 aliphatic carbocycles. The molecule has 0 aliphatic heterocycles. The molecule has 6 nitrogen and oxygen atoms in total. The number of aromatic nitrogens is 5. The normalized spacial score (nSPS) is 12.0. The highest BCUT2D eigenvalue weighted by molar-refractivity contribution is 6.09. The predicted octanol–water partition coefficient (Wildman–Crippen LogP) is 22.8. The van der Waals surface area contributed by atoms with E-state index in [-0.39, 0.29) is 16.2 Å². The second-order valence-corrected chi connectivity index (χ2v) is 27.8. The number of ether oxygens (including phenoxy) is 1. The Bertz CT molecular complexity index is 5050. The molecule has 0 saturated carbocycles. The Labute approximate surface area is 563 Å². The summed E-state index contributed by atoms with van der Waals surface area (Å²) in [6.45, 7) is 18.3. The zero-order valence-corrected chi connectivity index (χ0v) is 55.6. The summed E-state index contributed by atoms with van der Waals surface area (Å²) in [4.78, 5) is 5.05. The summed E-state index contributed by atoms with van der Waals surface area (Å²) in [5.74, 6) is 2.91. The third-order valence-corrected chi connectivity index (χ3v) is 18.8. The Hall–Kier alpha value is -11.5. The first-order valence-electron chi connectivity index (χ1n) is 33.2. The largest absolute Gasteiger partial charge is 0.458 e. The fraction of sp³-hybridized carbons (Fsp3) is 0.122. The molecule has 0 fully saturated rings. The van der Waals surface area contributed by atoms with Gasteiger partial charge in [0.25, 0.3) is 0 Å². The molecule has 3 heterocycles. The minimum Gasteiger partial charge on any atom is -0.458 e. The van der Waals surface area contributed by atoms with E-state index in [1.165, 1.54) is 22.3 Å². The first-order valence-corrected chi connectivity index (χ1v) is 33.2. The maximum Gasteiger partial charge on any atom is 0.233 e. The molecule has 0 amide bonds. The van der Waals surface area contributed by atoms with Gasteiger partial charge >= 0.3 is 0 Å². The lowest BCUT2D eigenvalue weighted by Crippen LogP contribution is -2.33. The van der Waals surface area contributed by atoms with Crippen molar-refractivity contribution in [3.05, 3.63) is 338 Å². The van der Waals surface area contributed by atoms with Gasteiger partial charge in [-0.25, -0.2) is 4.98 Å². The maximum absolute atomic E-state index is 7.03. The number of rotatable bonds is 14. The molecule has 466 valence electrons. The SMILES string of the molecule is CC(C)(C)c1cc(-[n+]2[c-]n(-c3cccc(Oc4ccc5c6ccccc6n(-c6cc(C(C)(C)c7ccccc7)ccn6)c5c4)c3)nc2-c2c(-c3cc(-c4ccccc4)cc(-c4ccccc4)c3)cccc2-c2cc(-c3ccccc3)cc(-c3ccccc3)c2)cc(C(C)(C)C)c1. The van der Waals surface area contributed by atoms with Gasteiger partial charge in [0.2, 0.25) is 12.2 Å². The van der Waals surface area contributed by atoms with Gasteiger partial charge in [-0.15, -0.1) is 0 Å². The van der Waals surface area contributed by atoms with Crippen LogP contribution in [-0.4, -0.2) is 19.3 Å². The van der Waals surface area contributed by atoms with Crippen molar-refractivity contribution in [2.75, 3.05) is 0 Å². The number of benzene rings is 12. The summed E-state index contributed by atoms with van der Waals surface area (Å²) in [6, 6.07) is 109. The number of hydrogen-bond acceptors (Lipinski definition) is 3. The molecule has 0 unspecified atom stereocenters. The maximum atomic E-state index is 7.03. The average Bonchev–Trinajstić information content (AvgIpc) is 1.75. The molecule has 12 aromatic carbocycles. The molecular formula is C90H75N5O. The van der Waals surface area contributed by atoms with Crippen LogP contribution >= 0.6 is 0 Å². The topological polar surface area (TPSA) is 48.8 Å². The van der Waals surface area contributed by atoms with Gasteiger partial charge in [0.05, 0.1) is 16.7 Å². The van der Waals surface area contributed by atoms with Crippen LogP contribution in [0.4, 0.5) is 0 Å². The number of fused-ring (bicyclic) bond motifs is 3. The molecule has 0 bridgehead atoms. The minimum atomic E-state index is -0.261. The van der Waals surface area contributed by atoms with Crippen LogP contribution in [0.15, 0.2) is 310 Å². The van der Waals surface area contributed by atoms with Crippen molar-refractivity contribution in [3.8, 4) is 107 Å². The van der Waals surface area contributed by atoms with Gasteiger partial charge in [-0.05, 0) is 184 Å². The molecule has 0 spiro atoms. The minimum absolute atomic E-state index is 0.184. The van der Waals surface area contributed by atoms with Crippen molar-refractivity contribution in [3.63, 3.8) is 0 Å². The Balaban J connectivity index is 0.944. The quantitative estimate of drug-likeness (QED) is 0.0805. The van der Waals surface area contributed by atoms with E-state index in [0.29, 0.717) is 11.5 Å². The van der Waals surface area contributed by atoms with E-state index in [2.05, 4.69) is 362 Å². The van der Waals surface area contributed by atoms with Gasteiger partial charge in [-0.1, -0.05) is 274 Å². The van der Waals surface area contributed by atoms with Crippen LogP contribution in [0.5, 0.6) is 11.5 Å². The first-order chi connectivity index (χ1) is 46.6. The molecular weight excluding hydrogens is 1170 g/mol. The van der Waals surface area contributed by atoms with Crippen molar-refractivity contribution in [1.82, 2.24) is 19.3 Å². The number of pyridine rings is 1. The van der Waals surface area contributed by atoms with Crippen LogP contribution < -0.4 is 9.30 Å². The van der Waals surface area contributed by atoms with E-state index in [9.17, 15) is 0 Å². The van der Waals surface area contributed by atoms with Crippen LogP contribution in [0.3, 0.4) is 0 Å². The van der Waals surface area contributed by atoms with Gasteiger partial charge in [-0.3, -0.25) is 4.57 Å². The molecule has 0 aliphatic rings. The van der Waals surface area contributed by atoms with Crippen molar-refractivity contribution >= 4 is 21.8 Å². The molecule has 0 atom stereocenters. The summed E-state index contributed by atoms with van der Waals surface area (Å²) in [6.07, 6.45) is 5.85. The lowest BCUT2D eigenvalue weighted by Gasteiger charge is -2.27. The highest BCUT2D eigenvalue weighted by atomic mass is 16.5. The van der Waals surface area contributed by atoms with E-state index in [0.717, 1.165) is 117 Å². The summed E-state index contributed by atoms with van der Waals surface area (Å²) in [7, 11) is 0. The molecule has 6 heteroatoms. The van der Waals surface area contributed by atoms with E-state index >= 15 is 0 Å². The van der Waals surface area contributed by atoms with Gasteiger partial charge in [0.15, 0.2) is 0 Å². The van der Waals surface area contributed by atoms with Crippen LogP contribution in [0.25, 0.3) is 117 Å². The molecule has 15 rings (SSSR count). The molecule has 0 saturated heterocycles. The van der Waals surface area contributed by atoms with Crippen LogP contribution in [-0.2, 0) is 16.2 Å². The lowest BCUT2D eigenvalue weighted by atomic mass is 9.78. The van der Waals surface area contributed by atoms with E-state index < -0.39 is 0 Å². The second-order valence-electron chi connectivity index (χ2n) is 27.8. The third kappa shape index (κ3) is 11.9. The molecule has 96 heavy (non-hydrogen) atoms. The lowest BCUT2D eigenvalue weighted by molar-refractivity contribution is -0.589. The number of para-hydroxylation sites is 1. The Morgan fingerprint density at radius 1 is 0.354 bits per heavy atom. The van der Waals surface area contributed by atoms with Crippen molar-refractivity contribution in [1.29, 1.82) is 0 Å². The van der Waals surface area contributed by atoms with E-state index in [4.69, 9.17) is 14.8 Å². The highest BCUT2D eigenvalue weighted by Crippen LogP contribution is 2.45. The fourth-order valence-corrected chi connectivity index (χ4v) is 13.4. The standard InChI is InChI=1S/C90H75N5O/c1-88(2,3)73-54-74(89(4,5)6)56-76(55-73)93-60-94(75-38-26-39-77(58-75)96-78-44-45-82-81-40-24-25-43-83(81)95(84(82)59-78)85-57-72(46-47-91-85)90(7,8)71-36-22-13-23-37-71)92-87(93)86-79(69-50-65(61-28-14-9-15-29-61)48-66(51-69)62-30-16-10-17-31-62)41-27-42-80(86)70-52-67(63-32-18-11-19-33-63)49-68(53-70)64-34-20-12-21-35-64/h9-59H,1-8H3. The van der Waals surface area contributed by atoms with Gasteiger partial charge in [0.1, 0.15) is 17.3 Å². The van der Waals surface area contributed by atoms with Crippen molar-refractivity contribution in [2.45, 2.75) is 71.6 Å². The predicted molar refractivity (Wildman–Crippen MR) is 397 cm³/mol. The van der Waals surface area contributed by atoms with Gasteiger partial charge < -0.3 is 9.30 Å². The van der Waals surface area contributed by atoms with Crippen molar-refractivity contribution < 1.29 is 9.30 Å². The summed E-state index contributed by atoms with van der Waals surface area (Å²) in [5.41, 5.74) is 22.1.